The molecule has 4 rings (SSSR count). The molecule has 0 saturated carbocycles. The molecule has 2 aromatic heterocycles. The number of rotatable bonds is 3. The average Bonchev–Trinajstić information content (AvgIpc) is 3.27. The van der Waals surface area contributed by atoms with Crippen LogP contribution >= 0.6 is 0 Å². The molecular formula is C19H21N5O2. The zero-order chi connectivity index (χ0) is 18.3. The molecule has 1 aromatic carbocycles. The van der Waals surface area contributed by atoms with E-state index in [1.165, 1.54) is 0 Å². The van der Waals surface area contributed by atoms with Crippen molar-refractivity contribution in [2.75, 3.05) is 13.6 Å². The standard InChI is InChI=1S/C19H21N5O2/c1-3-11-12-6-4-5-7-14(12)21-17(11)19(26)24-9-8-15-13(10-24)16(23-22-15)18(25)20-2/h4-7,21H,3,8-10H2,1-2H3,(H,20,25)(H,22,23). The maximum Gasteiger partial charge on any atom is 0.270 e. The Morgan fingerprint density at radius 1 is 1.27 bits per heavy atom. The first-order valence-corrected chi connectivity index (χ1v) is 8.81. The number of aryl methyl sites for hydroxylation is 1. The second-order valence-electron chi connectivity index (χ2n) is 6.46. The van der Waals surface area contributed by atoms with Gasteiger partial charge in [0.25, 0.3) is 11.8 Å². The SMILES string of the molecule is CCc1c(C(=O)N2CCc3n[nH]c(C(=O)NC)c3C2)[nH]c2ccccc12. The summed E-state index contributed by atoms with van der Waals surface area (Å²) in [4.78, 5) is 30.3. The van der Waals surface area contributed by atoms with Crippen LogP contribution in [-0.4, -0.2) is 45.5 Å². The first kappa shape index (κ1) is 16.4. The Kier molecular flexibility index (Phi) is 3.99. The molecule has 7 heteroatoms. The molecule has 0 spiro atoms. The third kappa shape index (κ3) is 2.47. The summed E-state index contributed by atoms with van der Waals surface area (Å²) in [6.07, 6.45) is 1.41. The number of hydrogen-bond acceptors (Lipinski definition) is 3. The van der Waals surface area contributed by atoms with Crippen molar-refractivity contribution < 1.29 is 9.59 Å². The number of aromatic nitrogens is 3. The van der Waals surface area contributed by atoms with Crippen LogP contribution in [0.15, 0.2) is 24.3 Å². The largest absolute Gasteiger partial charge is 0.354 e. The molecule has 0 unspecified atom stereocenters. The maximum absolute atomic E-state index is 13.2. The van der Waals surface area contributed by atoms with Crippen molar-refractivity contribution in [2.24, 2.45) is 0 Å². The van der Waals surface area contributed by atoms with Crippen LogP contribution in [0.25, 0.3) is 10.9 Å². The van der Waals surface area contributed by atoms with Crippen LogP contribution in [0.5, 0.6) is 0 Å². The lowest BCUT2D eigenvalue weighted by molar-refractivity contribution is 0.0725. The van der Waals surface area contributed by atoms with Crippen molar-refractivity contribution in [3.8, 4) is 0 Å². The van der Waals surface area contributed by atoms with Gasteiger partial charge in [-0.15, -0.1) is 0 Å². The van der Waals surface area contributed by atoms with Gasteiger partial charge in [0.1, 0.15) is 11.4 Å². The van der Waals surface area contributed by atoms with Crippen LogP contribution < -0.4 is 5.32 Å². The lowest BCUT2D eigenvalue weighted by Crippen LogP contribution is -2.37. The van der Waals surface area contributed by atoms with Crippen LogP contribution in [0.4, 0.5) is 0 Å². The van der Waals surface area contributed by atoms with Gasteiger partial charge >= 0.3 is 0 Å². The molecule has 2 amide bonds. The zero-order valence-corrected chi connectivity index (χ0v) is 14.8. The Morgan fingerprint density at radius 2 is 2.08 bits per heavy atom. The quantitative estimate of drug-likeness (QED) is 0.674. The van der Waals surface area contributed by atoms with E-state index < -0.39 is 0 Å². The smallest absolute Gasteiger partial charge is 0.270 e. The van der Waals surface area contributed by atoms with Crippen molar-refractivity contribution in [1.29, 1.82) is 0 Å². The Bertz CT molecular complexity index is 1000. The fourth-order valence-corrected chi connectivity index (χ4v) is 3.68. The fourth-order valence-electron chi connectivity index (χ4n) is 3.68. The number of nitrogens with one attached hydrogen (secondary N) is 3. The molecule has 0 radical (unpaired) electrons. The summed E-state index contributed by atoms with van der Waals surface area (Å²) in [5.41, 5.74) is 4.75. The van der Waals surface area contributed by atoms with Crippen molar-refractivity contribution in [1.82, 2.24) is 25.4 Å². The highest BCUT2D eigenvalue weighted by Gasteiger charge is 2.29. The van der Waals surface area contributed by atoms with Gasteiger partial charge in [0.15, 0.2) is 0 Å². The van der Waals surface area contributed by atoms with E-state index >= 15 is 0 Å². The number of benzene rings is 1. The summed E-state index contributed by atoms with van der Waals surface area (Å²) >= 11 is 0. The van der Waals surface area contributed by atoms with Gasteiger partial charge in [0.05, 0.1) is 12.2 Å². The lowest BCUT2D eigenvalue weighted by Gasteiger charge is -2.27. The predicted octanol–water partition coefficient (Wildman–Crippen LogP) is 2.01. The number of aromatic amines is 2. The molecule has 134 valence electrons. The highest BCUT2D eigenvalue weighted by Crippen LogP contribution is 2.27. The second-order valence-corrected chi connectivity index (χ2v) is 6.46. The van der Waals surface area contributed by atoms with Gasteiger partial charge in [-0.25, -0.2) is 0 Å². The van der Waals surface area contributed by atoms with Gasteiger partial charge < -0.3 is 15.2 Å². The van der Waals surface area contributed by atoms with Crippen LogP contribution in [0, 0.1) is 0 Å². The van der Waals surface area contributed by atoms with E-state index in [1.807, 2.05) is 24.3 Å². The Hall–Kier alpha value is -3.09. The number of amides is 2. The van der Waals surface area contributed by atoms with Gasteiger partial charge in [-0.05, 0) is 18.1 Å². The highest BCUT2D eigenvalue weighted by molar-refractivity contribution is 6.01. The summed E-state index contributed by atoms with van der Waals surface area (Å²) in [5.74, 6) is -0.249. The summed E-state index contributed by atoms with van der Waals surface area (Å²) in [7, 11) is 1.58. The van der Waals surface area contributed by atoms with E-state index in [-0.39, 0.29) is 11.8 Å². The van der Waals surface area contributed by atoms with Gasteiger partial charge in [0, 0.05) is 36.5 Å². The van der Waals surface area contributed by atoms with Gasteiger partial charge in [-0.1, -0.05) is 25.1 Å². The van der Waals surface area contributed by atoms with Gasteiger partial charge in [-0.3, -0.25) is 14.7 Å². The molecule has 1 aliphatic rings. The Morgan fingerprint density at radius 3 is 2.85 bits per heavy atom. The van der Waals surface area contributed by atoms with Crippen molar-refractivity contribution in [3.05, 3.63) is 52.5 Å². The minimum Gasteiger partial charge on any atom is -0.354 e. The predicted molar refractivity (Wildman–Crippen MR) is 98.1 cm³/mol. The van der Waals surface area contributed by atoms with Crippen molar-refractivity contribution in [3.63, 3.8) is 0 Å². The van der Waals surface area contributed by atoms with Crippen LogP contribution in [0.1, 0.15) is 44.7 Å². The first-order chi connectivity index (χ1) is 12.6. The molecule has 0 saturated heterocycles. The molecule has 3 aromatic rings. The molecular weight excluding hydrogens is 330 g/mol. The van der Waals surface area contributed by atoms with Crippen LogP contribution in [0.2, 0.25) is 0 Å². The summed E-state index contributed by atoms with van der Waals surface area (Å²) < 4.78 is 0. The van der Waals surface area contributed by atoms with Crippen LogP contribution in [-0.2, 0) is 19.4 Å². The third-order valence-corrected chi connectivity index (χ3v) is 5.04. The summed E-state index contributed by atoms with van der Waals surface area (Å²) in [5, 5.41) is 10.7. The average molecular weight is 351 g/mol. The zero-order valence-electron chi connectivity index (χ0n) is 14.8. The van der Waals surface area contributed by atoms with E-state index in [9.17, 15) is 9.59 Å². The number of carbonyl (C=O) groups is 2. The number of hydrogen-bond donors (Lipinski definition) is 3. The fraction of sp³-hybridized carbons (Fsp3) is 0.316. The molecule has 0 atom stereocenters. The minimum absolute atomic E-state index is 0.0345. The molecule has 0 aliphatic carbocycles. The molecule has 1 aliphatic heterocycles. The Balaban J connectivity index is 1.68. The van der Waals surface area contributed by atoms with E-state index in [2.05, 4.69) is 27.4 Å². The third-order valence-electron chi connectivity index (χ3n) is 5.04. The number of fused-ring (bicyclic) bond motifs is 2. The second kappa shape index (κ2) is 6.33. The van der Waals surface area contributed by atoms with Crippen molar-refractivity contribution in [2.45, 2.75) is 26.3 Å². The van der Waals surface area contributed by atoms with E-state index in [4.69, 9.17) is 0 Å². The molecule has 0 bridgehead atoms. The number of nitrogens with zero attached hydrogens (tertiary/aromatic N) is 2. The maximum atomic E-state index is 13.2. The monoisotopic (exact) mass is 351 g/mol. The van der Waals surface area contributed by atoms with Gasteiger partial charge in [-0.2, -0.15) is 5.10 Å². The molecule has 7 nitrogen and oxygen atoms in total. The molecule has 26 heavy (non-hydrogen) atoms. The highest BCUT2D eigenvalue weighted by atomic mass is 16.2. The molecule has 0 fully saturated rings. The summed E-state index contributed by atoms with van der Waals surface area (Å²) in [6.45, 7) is 3.02. The van der Waals surface area contributed by atoms with Crippen molar-refractivity contribution >= 4 is 22.7 Å². The molecule has 3 N–H and O–H groups in total. The minimum atomic E-state index is -0.215. The normalized spacial score (nSPS) is 13.7. The molecule has 3 heterocycles. The lowest BCUT2D eigenvalue weighted by atomic mass is 10.0. The Labute approximate surface area is 150 Å². The van der Waals surface area contributed by atoms with E-state index in [0.29, 0.717) is 30.9 Å². The topological polar surface area (TPSA) is 93.9 Å². The van der Waals surface area contributed by atoms with E-state index in [0.717, 1.165) is 34.1 Å². The summed E-state index contributed by atoms with van der Waals surface area (Å²) in [6, 6.07) is 7.97. The van der Waals surface area contributed by atoms with Crippen LogP contribution in [0.3, 0.4) is 0 Å². The number of para-hydroxylation sites is 1. The first-order valence-electron chi connectivity index (χ1n) is 8.81. The van der Waals surface area contributed by atoms with Gasteiger partial charge in [0.2, 0.25) is 0 Å². The number of carbonyl (C=O) groups excluding carboxylic acids is 2. The number of H-pyrrole nitrogens is 2. The van der Waals surface area contributed by atoms with E-state index in [1.54, 1.807) is 11.9 Å².